The zero-order valence-corrected chi connectivity index (χ0v) is 10.3. The van der Waals surface area contributed by atoms with Crippen LogP contribution < -0.4 is 5.32 Å². The average molecular weight is 263 g/mol. The largest absolute Gasteiger partial charge is 0.478 e. The predicted octanol–water partition coefficient (Wildman–Crippen LogP) is 0.199. The molecule has 2 rings (SSSR count). The van der Waals surface area contributed by atoms with Crippen LogP contribution in [0.3, 0.4) is 0 Å². The second-order valence-electron chi connectivity index (χ2n) is 3.85. The van der Waals surface area contributed by atoms with Crippen LogP contribution in [0.25, 0.3) is 0 Å². The van der Waals surface area contributed by atoms with Gasteiger partial charge >= 0.3 is 5.97 Å². The van der Waals surface area contributed by atoms with Crippen LogP contribution in [0.2, 0.25) is 0 Å². The molecule has 0 saturated carbocycles. The van der Waals surface area contributed by atoms with Crippen molar-refractivity contribution in [1.82, 2.24) is 25.4 Å². The number of aromatic carboxylic acids is 1. The Hall–Kier alpha value is -2.35. The Morgan fingerprint density at radius 3 is 3.05 bits per heavy atom. The van der Waals surface area contributed by atoms with Crippen molar-refractivity contribution in [3.05, 3.63) is 35.5 Å². The third-order valence-electron chi connectivity index (χ3n) is 2.40. The smallest absolute Gasteiger partial charge is 0.339 e. The van der Waals surface area contributed by atoms with Gasteiger partial charge in [-0.2, -0.15) is 4.98 Å². The molecule has 100 valence electrons. The van der Waals surface area contributed by atoms with Crippen molar-refractivity contribution in [1.29, 1.82) is 0 Å². The summed E-state index contributed by atoms with van der Waals surface area (Å²) in [6.45, 7) is 2.68. The van der Waals surface area contributed by atoms with Gasteiger partial charge in [-0.25, -0.2) is 14.8 Å². The molecule has 0 aliphatic heterocycles. The number of rotatable bonds is 6. The van der Waals surface area contributed by atoms with Crippen molar-refractivity contribution in [2.45, 2.75) is 19.9 Å². The lowest BCUT2D eigenvalue weighted by Gasteiger charge is -2.05. The van der Waals surface area contributed by atoms with E-state index in [0.717, 1.165) is 0 Å². The van der Waals surface area contributed by atoms with E-state index in [4.69, 9.17) is 9.63 Å². The van der Waals surface area contributed by atoms with E-state index in [1.807, 2.05) is 0 Å². The molecule has 0 bridgehead atoms. The summed E-state index contributed by atoms with van der Waals surface area (Å²) in [6, 6.07) is 0. The zero-order valence-electron chi connectivity index (χ0n) is 10.3. The first kappa shape index (κ1) is 13.1. The topological polar surface area (TPSA) is 114 Å². The number of nitrogens with one attached hydrogen (secondary N) is 1. The van der Waals surface area contributed by atoms with Crippen LogP contribution in [0.1, 0.15) is 27.8 Å². The number of carboxylic acids is 1. The second-order valence-corrected chi connectivity index (χ2v) is 3.85. The molecule has 0 unspecified atom stereocenters. The zero-order chi connectivity index (χ0) is 13.7. The van der Waals surface area contributed by atoms with Gasteiger partial charge in [-0.3, -0.25) is 0 Å². The fourth-order valence-corrected chi connectivity index (χ4v) is 1.52. The van der Waals surface area contributed by atoms with Gasteiger partial charge in [0.25, 0.3) is 0 Å². The molecule has 0 amide bonds. The lowest BCUT2D eigenvalue weighted by atomic mass is 10.2. The van der Waals surface area contributed by atoms with E-state index in [2.05, 4.69) is 25.4 Å². The number of hydrogen-bond acceptors (Lipinski definition) is 7. The molecule has 2 N–H and O–H groups in total. The van der Waals surface area contributed by atoms with Crippen LogP contribution in [0.15, 0.2) is 17.0 Å². The van der Waals surface area contributed by atoms with Crippen LogP contribution in [0, 0.1) is 6.92 Å². The number of aromatic nitrogens is 4. The Morgan fingerprint density at radius 2 is 2.37 bits per heavy atom. The molecule has 0 saturated heterocycles. The molecule has 8 nitrogen and oxygen atoms in total. The standard InChI is InChI=1S/C11H13N5O3/c1-7-15-10(19-16-7)2-3-12-5-9-8(11(17)18)4-13-6-14-9/h4,6,12H,2-3,5H2,1H3,(H,17,18). The van der Waals surface area contributed by atoms with Gasteiger partial charge in [0.05, 0.1) is 5.69 Å². The molecule has 0 radical (unpaired) electrons. The van der Waals surface area contributed by atoms with E-state index < -0.39 is 5.97 Å². The lowest BCUT2D eigenvalue weighted by Crippen LogP contribution is -2.20. The first-order valence-corrected chi connectivity index (χ1v) is 5.69. The van der Waals surface area contributed by atoms with Crippen molar-refractivity contribution < 1.29 is 14.4 Å². The predicted molar refractivity (Wildman–Crippen MR) is 63.4 cm³/mol. The van der Waals surface area contributed by atoms with Crippen LogP contribution in [0.5, 0.6) is 0 Å². The molecule has 0 atom stereocenters. The van der Waals surface area contributed by atoms with E-state index in [-0.39, 0.29) is 5.56 Å². The third kappa shape index (κ3) is 3.55. The van der Waals surface area contributed by atoms with Gasteiger partial charge in [0.1, 0.15) is 11.9 Å². The van der Waals surface area contributed by atoms with Gasteiger partial charge in [0.15, 0.2) is 5.82 Å². The summed E-state index contributed by atoms with van der Waals surface area (Å²) in [5.41, 5.74) is 0.549. The Balaban J connectivity index is 1.84. The van der Waals surface area contributed by atoms with E-state index >= 15 is 0 Å². The molecule has 8 heteroatoms. The fourth-order valence-electron chi connectivity index (χ4n) is 1.52. The van der Waals surface area contributed by atoms with Gasteiger partial charge in [0, 0.05) is 25.7 Å². The maximum Gasteiger partial charge on any atom is 0.339 e. The summed E-state index contributed by atoms with van der Waals surface area (Å²) in [5, 5.41) is 15.7. The van der Waals surface area contributed by atoms with Crippen molar-refractivity contribution >= 4 is 5.97 Å². The normalized spacial score (nSPS) is 10.6. The second kappa shape index (κ2) is 6.01. The highest BCUT2D eigenvalue weighted by Gasteiger charge is 2.10. The summed E-state index contributed by atoms with van der Waals surface area (Å²) < 4.78 is 4.96. The lowest BCUT2D eigenvalue weighted by molar-refractivity contribution is 0.0694. The minimum atomic E-state index is -1.04. The molecule has 0 spiro atoms. The Kier molecular flexibility index (Phi) is 4.14. The number of aryl methyl sites for hydroxylation is 1. The molecule has 2 heterocycles. The van der Waals surface area contributed by atoms with Crippen LogP contribution in [-0.4, -0.2) is 37.7 Å². The first-order chi connectivity index (χ1) is 9.16. The van der Waals surface area contributed by atoms with Gasteiger partial charge in [-0.1, -0.05) is 5.16 Å². The van der Waals surface area contributed by atoms with Crippen molar-refractivity contribution in [2.75, 3.05) is 6.54 Å². The maximum atomic E-state index is 10.9. The average Bonchev–Trinajstić information content (AvgIpc) is 2.81. The molecule has 2 aromatic rings. The molecule has 0 aromatic carbocycles. The molecule has 0 aliphatic carbocycles. The van der Waals surface area contributed by atoms with Crippen molar-refractivity contribution in [3.63, 3.8) is 0 Å². The molecule has 0 fully saturated rings. The highest BCUT2D eigenvalue weighted by atomic mass is 16.5. The Morgan fingerprint density at radius 1 is 1.53 bits per heavy atom. The number of hydrogen-bond donors (Lipinski definition) is 2. The van der Waals surface area contributed by atoms with Crippen LogP contribution >= 0.6 is 0 Å². The quantitative estimate of drug-likeness (QED) is 0.710. The summed E-state index contributed by atoms with van der Waals surface area (Å²) in [7, 11) is 0. The highest BCUT2D eigenvalue weighted by Crippen LogP contribution is 2.03. The molecular weight excluding hydrogens is 250 g/mol. The van der Waals surface area contributed by atoms with Crippen LogP contribution in [0.4, 0.5) is 0 Å². The van der Waals surface area contributed by atoms with Gasteiger partial charge < -0.3 is 14.9 Å². The number of carbonyl (C=O) groups is 1. The summed E-state index contributed by atoms with van der Waals surface area (Å²) >= 11 is 0. The minimum absolute atomic E-state index is 0.101. The Labute approximate surface area is 108 Å². The summed E-state index contributed by atoms with van der Waals surface area (Å²) in [5.74, 6) is 0.107. The van der Waals surface area contributed by atoms with E-state index in [9.17, 15) is 4.79 Å². The minimum Gasteiger partial charge on any atom is -0.478 e. The third-order valence-corrected chi connectivity index (χ3v) is 2.40. The molecule has 2 aromatic heterocycles. The molecule has 19 heavy (non-hydrogen) atoms. The number of nitrogens with zero attached hydrogens (tertiary/aromatic N) is 4. The number of carboxylic acid groups (broad SMARTS) is 1. The summed E-state index contributed by atoms with van der Waals surface area (Å²) in [6.07, 6.45) is 3.19. The Bertz CT molecular complexity index is 569. The van der Waals surface area contributed by atoms with Crippen LogP contribution in [-0.2, 0) is 13.0 Å². The van der Waals surface area contributed by atoms with E-state index in [1.165, 1.54) is 12.5 Å². The molecular formula is C11H13N5O3. The van der Waals surface area contributed by atoms with Gasteiger partial charge in [-0.15, -0.1) is 0 Å². The highest BCUT2D eigenvalue weighted by molar-refractivity contribution is 5.88. The van der Waals surface area contributed by atoms with E-state index in [0.29, 0.717) is 36.9 Å². The monoisotopic (exact) mass is 263 g/mol. The van der Waals surface area contributed by atoms with Gasteiger partial charge in [-0.05, 0) is 6.92 Å². The van der Waals surface area contributed by atoms with Crippen molar-refractivity contribution in [3.8, 4) is 0 Å². The maximum absolute atomic E-state index is 10.9. The first-order valence-electron chi connectivity index (χ1n) is 5.69. The van der Waals surface area contributed by atoms with Crippen molar-refractivity contribution in [2.24, 2.45) is 0 Å². The molecule has 0 aliphatic rings. The SMILES string of the molecule is Cc1noc(CCNCc2ncncc2C(=O)O)n1. The summed E-state index contributed by atoms with van der Waals surface area (Å²) in [4.78, 5) is 22.6. The fraction of sp³-hybridized carbons (Fsp3) is 0.364. The van der Waals surface area contributed by atoms with Gasteiger partial charge in [0.2, 0.25) is 5.89 Å². The van der Waals surface area contributed by atoms with E-state index in [1.54, 1.807) is 6.92 Å².